The molecule has 4 nitrogen and oxygen atoms in total. The Morgan fingerprint density at radius 2 is 1.43 bits per heavy atom. The van der Waals surface area contributed by atoms with Gasteiger partial charge in [0.25, 0.3) is 10.1 Å². The molecule has 0 saturated carbocycles. The smallest absolute Gasteiger partial charge is 0.198 e. The van der Waals surface area contributed by atoms with Crippen molar-refractivity contribution in [2.24, 2.45) is 0 Å². The van der Waals surface area contributed by atoms with Crippen LogP contribution in [-0.2, 0) is 14.4 Å². The van der Waals surface area contributed by atoms with E-state index in [0.29, 0.717) is 6.42 Å². The first-order valence-corrected chi connectivity index (χ1v) is 9.76. The van der Waals surface area contributed by atoms with Gasteiger partial charge in [0.15, 0.2) is 0 Å². The summed E-state index contributed by atoms with van der Waals surface area (Å²) in [6, 6.07) is 0.0849. The molecule has 0 spiro atoms. The second-order valence-corrected chi connectivity index (χ2v) is 7.32. The fraction of sp³-hybridized carbons (Fsp3) is 1.00. The summed E-state index contributed by atoms with van der Waals surface area (Å²) < 4.78 is 27.5. The first-order chi connectivity index (χ1) is 9.52. The molecule has 123 valence electrons. The maximum atomic E-state index is 11.4. The van der Waals surface area contributed by atoms with Crippen LogP contribution < -0.4 is 5.48 Å². The van der Waals surface area contributed by atoms with Crippen molar-refractivity contribution < 1.29 is 12.7 Å². The molecule has 0 aromatic carbocycles. The van der Waals surface area contributed by atoms with Gasteiger partial charge in [0, 0.05) is 35.6 Å². The van der Waals surface area contributed by atoms with E-state index in [1.807, 2.05) is 13.8 Å². The molecule has 6 heteroatoms. The average molecular weight is 330 g/mol. The van der Waals surface area contributed by atoms with Gasteiger partial charge in [-0.15, -0.1) is 0 Å². The van der Waals surface area contributed by atoms with Crippen molar-refractivity contribution in [3.63, 3.8) is 0 Å². The number of hydrogen-bond acceptors (Lipinski definition) is 4. The van der Waals surface area contributed by atoms with Gasteiger partial charge in [-0.2, -0.15) is 18.2 Å². The molecule has 0 rings (SSSR count). The Hall–Kier alpha value is 0.870. The van der Waals surface area contributed by atoms with Gasteiger partial charge in [0.1, 0.15) is 0 Å². The fourth-order valence-corrected chi connectivity index (χ4v) is 2.98. The molecule has 1 radical (unpaired) electrons. The summed E-state index contributed by atoms with van der Waals surface area (Å²) >= 11 is 0. The molecule has 0 fully saturated rings. The molecule has 0 aromatic rings. The third kappa shape index (κ3) is 17.1. The Balaban J connectivity index is 0. The first kappa shape index (κ1) is 24.1. The number of rotatable bonds is 14. The Bertz CT molecular complexity index is 310. The summed E-state index contributed by atoms with van der Waals surface area (Å²) in [4.78, 5) is 0. The van der Waals surface area contributed by atoms with Crippen molar-refractivity contribution in [1.29, 1.82) is 0 Å². The first-order valence-electron chi connectivity index (χ1n) is 8.18. The van der Waals surface area contributed by atoms with Crippen LogP contribution in [0.15, 0.2) is 0 Å². The zero-order valence-electron chi connectivity index (χ0n) is 14.5. The maximum Gasteiger partial charge on any atom is 0.283 e. The van der Waals surface area contributed by atoms with E-state index in [2.05, 4.69) is 12.4 Å². The zero-order chi connectivity index (χ0) is 15.3. The second-order valence-electron chi connectivity index (χ2n) is 5.63. The summed E-state index contributed by atoms with van der Waals surface area (Å²) in [6.45, 7) is 6.02. The average Bonchev–Trinajstić information content (AvgIpc) is 2.39. The summed E-state index contributed by atoms with van der Waals surface area (Å²) in [5, 5.41) is 0. The molecule has 0 aliphatic heterocycles. The minimum absolute atomic E-state index is 0. The maximum absolute atomic E-state index is 11.4. The van der Waals surface area contributed by atoms with Crippen LogP contribution in [0.2, 0.25) is 0 Å². The Morgan fingerprint density at radius 3 is 1.95 bits per heavy atom. The second kappa shape index (κ2) is 15.8. The minimum Gasteiger partial charge on any atom is -0.198 e. The minimum atomic E-state index is -3.39. The molecule has 21 heavy (non-hydrogen) atoms. The van der Waals surface area contributed by atoms with E-state index < -0.39 is 10.1 Å². The van der Waals surface area contributed by atoms with Gasteiger partial charge < -0.3 is 0 Å². The van der Waals surface area contributed by atoms with E-state index in [1.165, 1.54) is 44.9 Å². The molecule has 0 saturated heterocycles. The summed E-state index contributed by atoms with van der Waals surface area (Å²) in [5.41, 5.74) is 2.64. The Morgan fingerprint density at radius 1 is 0.905 bits per heavy atom. The van der Waals surface area contributed by atoms with Gasteiger partial charge >= 0.3 is 0 Å². The molecule has 0 aliphatic carbocycles. The molecule has 1 atom stereocenters. The molecule has 0 aliphatic rings. The Kier molecular flexibility index (Phi) is 18.1. The van der Waals surface area contributed by atoms with Crippen LogP contribution in [0.1, 0.15) is 85.0 Å². The van der Waals surface area contributed by atoms with E-state index >= 15 is 0 Å². The molecule has 1 unspecified atom stereocenters. The van der Waals surface area contributed by atoms with Crippen molar-refractivity contribution in [2.75, 3.05) is 5.75 Å². The normalized spacial score (nSPS) is 12.9. The van der Waals surface area contributed by atoms with Crippen molar-refractivity contribution in [3.8, 4) is 0 Å². The topological polar surface area (TPSA) is 55.4 Å². The monoisotopic (exact) mass is 330 g/mol. The van der Waals surface area contributed by atoms with Gasteiger partial charge in [-0.3, -0.25) is 0 Å². The molecule has 1 N–H and O–H groups in total. The van der Waals surface area contributed by atoms with Crippen molar-refractivity contribution in [1.82, 2.24) is 5.48 Å². The number of unbranched alkanes of at least 4 members (excludes halogenated alkanes) is 7. The standard InChI is InChI=1S/C15H33NO3S.Na/c1-4-6-7-8-9-10-11-12-13-15(3)16-19-20(17,18)14-5-2;/h15-16H,4-14H2,1-3H3;. The van der Waals surface area contributed by atoms with Crippen LogP contribution >= 0.6 is 0 Å². The fourth-order valence-electron chi connectivity index (χ4n) is 2.09. The van der Waals surface area contributed by atoms with Crippen molar-refractivity contribution in [2.45, 2.75) is 91.0 Å². The van der Waals surface area contributed by atoms with Crippen LogP contribution in [0.3, 0.4) is 0 Å². The summed E-state index contributed by atoms with van der Waals surface area (Å²) in [5.74, 6) is 0.0739. The predicted molar refractivity (Wildman–Crippen MR) is 90.7 cm³/mol. The zero-order valence-corrected chi connectivity index (χ0v) is 17.3. The van der Waals surface area contributed by atoms with Gasteiger partial charge in [0.05, 0.1) is 5.75 Å². The van der Waals surface area contributed by atoms with Crippen molar-refractivity contribution in [3.05, 3.63) is 0 Å². The third-order valence-corrected chi connectivity index (χ3v) is 4.58. The number of hydroxylamine groups is 1. The van der Waals surface area contributed by atoms with Crippen LogP contribution in [0, 0.1) is 0 Å². The largest absolute Gasteiger partial charge is 0.283 e. The summed E-state index contributed by atoms with van der Waals surface area (Å²) in [7, 11) is -3.39. The Labute approximate surface area is 154 Å². The molecule has 0 amide bonds. The van der Waals surface area contributed by atoms with Crippen LogP contribution in [0.4, 0.5) is 0 Å². The van der Waals surface area contributed by atoms with E-state index in [4.69, 9.17) is 4.28 Å². The predicted octanol–water partition coefficient (Wildman–Crippen LogP) is 3.79. The SMILES string of the molecule is CCCCCCCCCCC(C)NOS(=O)(=O)CCC.[Na]. The number of hydrogen-bond donors (Lipinski definition) is 1. The molecule has 0 bridgehead atoms. The van der Waals surface area contributed by atoms with E-state index in [-0.39, 0.29) is 41.4 Å². The van der Waals surface area contributed by atoms with E-state index in [1.54, 1.807) is 0 Å². The van der Waals surface area contributed by atoms with Gasteiger partial charge in [-0.25, -0.2) is 0 Å². The van der Waals surface area contributed by atoms with E-state index in [9.17, 15) is 8.42 Å². The van der Waals surface area contributed by atoms with Crippen molar-refractivity contribution >= 4 is 39.7 Å². The number of nitrogens with one attached hydrogen (secondary N) is 1. The molecular weight excluding hydrogens is 297 g/mol. The van der Waals surface area contributed by atoms with Crippen LogP contribution in [0.25, 0.3) is 0 Å². The van der Waals surface area contributed by atoms with Crippen LogP contribution in [-0.4, -0.2) is 49.8 Å². The quantitative estimate of drug-likeness (QED) is 0.299. The molecule has 0 heterocycles. The molecular formula is C15H33NNaO3S. The van der Waals surface area contributed by atoms with Gasteiger partial charge in [-0.05, 0) is 19.8 Å². The molecule has 0 aromatic heterocycles. The third-order valence-electron chi connectivity index (χ3n) is 3.32. The van der Waals surface area contributed by atoms with Crippen LogP contribution in [0.5, 0.6) is 0 Å². The summed E-state index contributed by atoms with van der Waals surface area (Å²) in [6.07, 6.45) is 11.8. The van der Waals surface area contributed by atoms with E-state index in [0.717, 1.165) is 12.8 Å². The van der Waals surface area contributed by atoms with Gasteiger partial charge in [-0.1, -0.05) is 65.2 Å². The van der Waals surface area contributed by atoms with Gasteiger partial charge in [0.2, 0.25) is 0 Å².